The van der Waals surface area contributed by atoms with Crippen molar-refractivity contribution in [3.8, 4) is 0 Å². The molecule has 3 heteroatoms. The van der Waals surface area contributed by atoms with Crippen LogP contribution in [-0.4, -0.2) is 30.4 Å². The molecule has 2 aliphatic heterocycles. The largest absolute Gasteiger partial charge is 0.385 e. The lowest BCUT2D eigenvalue weighted by molar-refractivity contribution is -0.0802. The van der Waals surface area contributed by atoms with Crippen molar-refractivity contribution in [2.75, 3.05) is 13.2 Å². The minimum absolute atomic E-state index is 0.286. The highest BCUT2D eigenvalue weighted by atomic mass is 16.5. The van der Waals surface area contributed by atoms with Gasteiger partial charge in [-0.2, -0.15) is 0 Å². The van der Waals surface area contributed by atoms with Crippen LogP contribution in [0.2, 0.25) is 0 Å². The van der Waals surface area contributed by atoms with Crippen LogP contribution in [0.3, 0.4) is 0 Å². The Hall–Kier alpha value is -0.900. The maximum atomic E-state index is 10.9. The van der Waals surface area contributed by atoms with Gasteiger partial charge in [-0.25, -0.2) is 0 Å². The highest BCUT2D eigenvalue weighted by Gasteiger charge is 2.42. The van der Waals surface area contributed by atoms with Gasteiger partial charge in [0.25, 0.3) is 0 Å². The molecular weight excluding hydrogens is 226 g/mol. The lowest BCUT2D eigenvalue weighted by Crippen LogP contribution is -2.58. The van der Waals surface area contributed by atoms with Crippen LogP contribution in [0.25, 0.3) is 0 Å². The monoisotopic (exact) mass is 247 g/mol. The third-order valence-electron chi connectivity index (χ3n) is 4.18. The SMILES string of the molecule is CCc1ccc(C2(O)CC3COCC(C2)N3)cc1. The fourth-order valence-electron chi connectivity index (χ4n) is 3.20. The molecule has 2 heterocycles. The van der Waals surface area contributed by atoms with E-state index in [0.29, 0.717) is 13.2 Å². The zero-order valence-corrected chi connectivity index (χ0v) is 10.9. The number of ether oxygens (including phenoxy) is 1. The van der Waals surface area contributed by atoms with Crippen LogP contribution < -0.4 is 5.32 Å². The van der Waals surface area contributed by atoms with Crippen molar-refractivity contribution in [2.45, 2.75) is 43.9 Å². The number of hydrogen-bond donors (Lipinski definition) is 2. The fourth-order valence-corrected chi connectivity index (χ4v) is 3.20. The first kappa shape index (κ1) is 12.2. The third-order valence-corrected chi connectivity index (χ3v) is 4.18. The number of hydrogen-bond acceptors (Lipinski definition) is 3. The van der Waals surface area contributed by atoms with Crippen LogP contribution in [0.1, 0.15) is 30.9 Å². The average Bonchev–Trinajstić information content (AvgIpc) is 2.38. The smallest absolute Gasteiger partial charge is 0.0927 e. The molecule has 0 aliphatic carbocycles. The molecule has 0 saturated carbocycles. The zero-order chi connectivity index (χ0) is 12.6. The molecule has 2 unspecified atom stereocenters. The highest BCUT2D eigenvalue weighted by Crippen LogP contribution is 2.36. The number of piperidine rings is 1. The molecule has 0 radical (unpaired) electrons. The molecule has 0 aromatic heterocycles. The number of rotatable bonds is 2. The topological polar surface area (TPSA) is 41.5 Å². The van der Waals surface area contributed by atoms with Crippen LogP contribution in [0.4, 0.5) is 0 Å². The van der Waals surface area contributed by atoms with E-state index in [1.807, 2.05) is 0 Å². The summed E-state index contributed by atoms with van der Waals surface area (Å²) in [6, 6.07) is 8.99. The second-order valence-electron chi connectivity index (χ2n) is 5.59. The summed E-state index contributed by atoms with van der Waals surface area (Å²) >= 11 is 0. The number of fused-ring (bicyclic) bond motifs is 2. The molecule has 3 nitrogen and oxygen atoms in total. The van der Waals surface area contributed by atoms with Crippen LogP contribution in [-0.2, 0) is 16.8 Å². The Morgan fingerprint density at radius 1 is 1.22 bits per heavy atom. The van der Waals surface area contributed by atoms with Gasteiger partial charge in [0.1, 0.15) is 0 Å². The van der Waals surface area contributed by atoms with Gasteiger partial charge in [0.05, 0.1) is 18.8 Å². The van der Waals surface area contributed by atoms with E-state index in [9.17, 15) is 5.11 Å². The lowest BCUT2D eigenvalue weighted by Gasteiger charge is -2.45. The van der Waals surface area contributed by atoms with Gasteiger partial charge in [-0.05, 0) is 30.4 Å². The van der Waals surface area contributed by atoms with Crippen LogP contribution in [0.5, 0.6) is 0 Å². The molecular formula is C15H21NO2. The Labute approximate surface area is 108 Å². The molecule has 2 fully saturated rings. The van der Waals surface area contributed by atoms with E-state index < -0.39 is 5.60 Å². The molecule has 18 heavy (non-hydrogen) atoms. The number of aryl methyl sites for hydroxylation is 1. The van der Waals surface area contributed by atoms with Gasteiger partial charge in [0.2, 0.25) is 0 Å². The summed E-state index contributed by atoms with van der Waals surface area (Å²) in [4.78, 5) is 0. The van der Waals surface area contributed by atoms with Crippen LogP contribution >= 0.6 is 0 Å². The maximum Gasteiger partial charge on any atom is 0.0927 e. The van der Waals surface area contributed by atoms with Crippen molar-refractivity contribution in [3.63, 3.8) is 0 Å². The molecule has 98 valence electrons. The molecule has 2 bridgehead atoms. The predicted molar refractivity (Wildman–Crippen MR) is 70.5 cm³/mol. The van der Waals surface area contributed by atoms with E-state index in [0.717, 1.165) is 24.8 Å². The van der Waals surface area contributed by atoms with Crippen molar-refractivity contribution in [2.24, 2.45) is 0 Å². The molecule has 1 aromatic rings. The van der Waals surface area contributed by atoms with Gasteiger partial charge in [-0.15, -0.1) is 0 Å². The summed E-state index contributed by atoms with van der Waals surface area (Å²) in [6.45, 7) is 3.58. The molecule has 2 N–H and O–H groups in total. The molecule has 0 amide bonds. The quantitative estimate of drug-likeness (QED) is 0.834. The maximum absolute atomic E-state index is 10.9. The minimum atomic E-state index is -0.684. The number of morpholine rings is 1. The summed E-state index contributed by atoms with van der Waals surface area (Å²) in [5.41, 5.74) is 1.69. The average molecular weight is 247 g/mol. The Balaban J connectivity index is 1.84. The van der Waals surface area contributed by atoms with Gasteiger partial charge in [0.15, 0.2) is 0 Å². The van der Waals surface area contributed by atoms with Gasteiger partial charge in [-0.3, -0.25) is 0 Å². The van der Waals surface area contributed by atoms with E-state index in [-0.39, 0.29) is 12.1 Å². The molecule has 3 rings (SSSR count). The first-order chi connectivity index (χ1) is 8.69. The molecule has 1 aromatic carbocycles. The van der Waals surface area contributed by atoms with Crippen molar-refractivity contribution in [1.29, 1.82) is 0 Å². The Morgan fingerprint density at radius 3 is 2.39 bits per heavy atom. The third kappa shape index (κ3) is 2.18. The van der Waals surface area contributed by atoms with Gasteiger partial charge >= 0.3 is 0 Å². The fraction of sp³-hybridized carbons (Fsp3) is 0.600. The first-order valence-corrected chi connectivity index (χ1v) is 6.85. The Kier molecular flexibility index (Phi) is 3.14. The molecule has 2 saturated heterocycles. The molecule has 0 spiro atoms. The van der Waals surface area contributed by atoms with E-state index in [4.69, 9.17) is 4.74 Å². The van der Waals surface area contributed by atoms with Crippen molar-refractivity contribution in [3.05, 3.63) is 35.4 Å². The van der Waals surface area contributed by atoms with E-state index in [2.05, 4.69) is 36.5 Å². The predicted octanol–water partition coefficient (Wildman–Crippen LogP) is 1.59. The number of nitrogens with one attached hydrogen (secondary N) is 1. The molecule has 2 atom stereocenters. The number of benzene rings is 1. The van der Waals surface area contributed by atoms with E-state index >= 15 is 0 Å². The van der Waals surface area contributed by atoms with E-state index in [1.54, 1.807) is 0 Å². The van der Waals surface area contributed by atoms with Crippen molar-refractivity contribution < 1.29 is 9.84 Å². The van der Waals surface area contributed by atoms with Crippen molar-refractivity contribution in [1.82, 2.24) is 5.32 Å². The highest BCUT2D eigenvalue weighted by molar-refractivity contribution is 5.28. The zero-order valence-electron chi connectivity index (χ0n) is 10.9. The van der Waals surface area contributed by atoms with E-state index in [1.165, 1.54) is 5.56 Å². The van der Waals surface area contributed by atoms with Gasteiger partial charge in [-0.1, -0.05) is 31.2 Å². The summed E-state index contributed by atoms with van der Waals surface area (Å²) in [5.74, 6) is 0. The first-order valence-electron chi connectivity index (χ1n) is 6.85. The van der Waals surface area contributed by atoms with Gasteiger partial charge < -0.3 is 15.2 Å². The Bertz CT molecular complexity index is 403. The van der Waals surface area contributed by atoms with Gasteiger partial charge in [0, 0.05) is 12.1 Å². The lowest BCUT2D eigenvalue weighted by atomic mass is 9.78. The standard InChI is InChI=1S/C15H21NO2/c1-2-11-3-5-12(6-4-11)15(17)7-13-9-18-10-14(8-15)16-13/h3-6,13-14,16-17H,2,7-10H2,1H3. The second kappa shape index (κ2) is 4.65. The summed E-state index contributed by atoms with van der Waals surface area (Å²) in [5, 5.41) is 14.4. The Morgan fingerprint density at radius 2 is 1.83 bits per heavy atom. The normalized spacial score (nSPS) is 35.4. The molecule has 2 aliphatic rings. The minimum Gasteiger partial charge on any atom is -0.385 e. The second-order valence-corrected chi connectivity index (χ2v) is 5.59. The van der Waals surface area contributed by atoms with Crippen LogP contribution in [0, 0.1) is 0 Å². The van der Waals surface area contributed by atoms with Crippen LogP contribution in [0.15, 0.2) is 24.3 Å². The summed E-state index contributed by atoms with van der Waals surface area (Å²) in [6.07, 6.45) is 2.53. The van der Waals surface area contributed by atoms with Crippen molar-refractivity contribution >= 4 is 0 Å². The summed E-state index contributed by atoms with van der Waals surface area (Å²) in [7, 11) is 0. The number of aliphatic hydroxyl groups is 1. The summed E-state index contributed by atoms with van der Waals surface area (Å²) < 4.78 is 5.53.